The Morgan fingerprint density at radius 1 is 1.21 bits per heavy atom. The van der Waals surface area contributed by atoms with Crippen molar-refractivity contribution in [2.45, 2.75) is 39.2 Å². The van der Waals surface area contributed by atoms with Crippen molar-refractivity contribution in [2.75, 3.05) is 6.54 Å². The number of carbonyl (C=O) groups is 1. The van der Waals surface area contributed by atoms with Gasteiger partial charge in [-0.15, -0.1) is 0 Å². The maximum Gasteiger partial charge on any atom is 0.261 e. The van der Waals surface area contributed by atoms with Gasteiger partial charge >= 0.3 is 0 Å². The van der Waals surface area contributed by atoms with Crippen molar-refractivity contribution in [1.82, 2.24) is 5.32 Å². The Bertz CT molecular complexity index is 655. The number of benzene rings is 2. The lowest BCUT2D eigenvalue weighted by Gasteiger charge is -2.17. The van der Waals surface area contributed by atoms with Crippen LogP contribution in [0.25, 0.3) is 0 Å². The third-order valence-electron chi connectivity index (χ3n) is 3.78. The Morgan fingerprint density at radius 2 is 1.96 bits per heavy atom. The van der Waals surface area contributed by atoms with E-state index in [1.54, 1.807) is 0 Å². The third-order valence-corrected chi connectivity index (χ3v) is 3.78. The van der Waals surface area contributed by atoms with Gasteiger partial charge in [0.1, 0.15) is 11.6 Å². The Hall–Kier alpha value is -2.36. The van der Waals surface area contributed by atoms with E-state index in [9.17, 15) is 9.18 Å². The second-order valence-corrected chi connectivity index (χ2v) is 5.85. The molecular formula is C20H24FNO2. The van der Waals surface area contributed by atoms with Crippen LogP contribution in [0.3, 0.4) is 0 Å². The number of ether oxygens (including phenoxy) is 1. The monoisotopic (exact) mass is 329 g/mol. The van der Waals surface area contributed by atoms with Crippen LogP contribution >= 0.6 is 0 Å². The SMILES string of the molecule is CC[C@H](Oc1ccc(F)cc1)C(=O)NCCCc1cccc(C)c1. The summed E-state index contributed by atoms with van der Waals surface area (Å²) in [5, 5.41) is 2.91. The number of halogens is 1. The van der Waals surface area contributed by atoms with Crippen LogP contribution in [0.1, 0.15) is 30.9 Å². The van der Waals surface area contributed by atoms with E-state index in [1.165, 1.54) is 35.4 Å². The number of amides is 1. The van der Waals surface area contributed by atoms with E-state index in [2.05, 4.69) is 30.4 Å². The highest BCUT2D eigenvalue weighted by atomic mass is 19.1. The van der Waals surface area contributed by atoms with Crippen molar-refractivity contribution in [1.29, 1.82) is 0 Å². The zero-order chi connectivity index (χ0) is 17.4. The molecule has 0 unspecified atom stereocenters. The molecule has 2 aromatic carbocycles. The number of nitrogens with one attached hydrogen (secondary N) is 1. The predicted molar refractivity (Wildman–Crippen MR) is 93.6 cm³/mol. The lowest BCUT2D eigenvalue weighted by molar-refractivity contribution is -0.128. The summed E-state index contributed by atoms with van der Waals surface area (Å²) in [4.78, 5) is 12.2. The molecule has 0 aliphatic carbocycles. The Labute approximate surface area is 142 Å². The van der Waals surface area contributed by atoms with E-state index in [4.69, 9.17) is 4.74 Å². The number of hydrogen-bond acceptors (Lipinski definition) is 2. The number of aryl methyl sites for hydroxylation is 2. The molecule has 0 bridgehead atoms. The molecule has 0 aromatic heterocycles. The molecule has 3 nitrogen and oxygen atoms in total. The fraction of sp³-hybridized carbons (Fsp3) is 0.350. The second-order valence-electron chi connectivity index (χ2n) is 5.85. The first-order chi connectivity index (χ1) is 11.6. The summed E-state index contributed by atoms with van der Waals surface area (Å²) in [5.74, 6) is 0.0419. The number of carbonyl (C=O) groups excluding carboxylic acids is 1. The van der Waals surface area contributed by atoms with Gasteiger partial charge in [0.2, 0.25) is 0 Å². The summed E-state index contributed by atoms with van der Waals surface area (Å²) in [6, 6.07) is 14.1. The summed E-state index contributed by atoms with van der Waals surface area (Å²) in [7, 11) is 0. The van der Waals surface area contributed by atoms with Gasteiger partial charge in [-0.1, -0.05) is 36.8 Å². The Morgan fingerprint density at radius 3 is 2.62 bits per heavy atom. The molecule has 1 amide bonds. The zero-order valence-corrected chi connectivity index (χ0v) is 14.2. The highest BCUT2D eigenvalue weighted by molar-refractivity contribution is 5.81. The van der Waals surface area contributed by atoms with Crippen LogP contribution in [-0.2, 0) is 11.2 Å². The third kappa shape index (κ3) is 5.69. The van der Waals surface area contributed by atoms with Crippen molar-refractivity contribution in [2.24, 2.45) is 0 Å². The molecule has 0 heterocycles. The molecule has 1 atom stereocenters. The molecule has 0 saturated carbocycles. The van der Waals surface area contributed by atoms with Gasteiger partial charge in [-0.2, -0.15) is 0 Å². The van der Waals surface area contributed by atoms with Gasteiger partial charge in [0, 0.05) is 6.54 Å². The van der Waals surface area contributed by atoms with E-state index in [-0.39, 0.29) is 11.7 Å². The van der Waals surface area contributed by atoms with Crippen LogP contribution in [0.4, 0.5) is 4.39 Å². The summed E-state index contributed by atoms with van der Waals surface area (Å²) in [6.45, 7) is 4.57. The standard InChI is InChI=1S/C20H24FNO2/c1-3-19(24-18-11-9-17(21)10-12-18)20(23)22-13-5-8-16-7-4-6-15(2)14-16/h4,6-7,9-12,14,19H,3,5,8,13H2,1-2H3,(H,22,23)/t19-/m0/s1. The molecule has 0 fully saturated rings. The van der Waals surface area contributed by atoms with Crippen LogP contribution in [0, 0.1) is 12.7 Å². The molecule has 24 heavy (non-hydrogen) atoms. The van der Waals surface area contributed by atoms with Gasteiger partial charge in [-0.25, -0.2) is 4.39 Å². The van der Waals surface area contributed by atoms with Gasteiger partial charge in [0.25, 0.3) is 5.91 Å². The minimum atomic E-state index is -0.561. The molecule has 0 radical (unpaired) electrons. The van der Waals surface area contributed by atoms with Crippen LogP contribution in [0.5, 0.6) is 5.75 Å². The minimum absolute atomic E-state index is 0.133. The first-order valence-corrected chi connectivity index (χ1v) is 8.34. The number of hydrogen-bond donors (Lipinski definition) is 1. The molecule has 2 rings (SSSR count). The number of rotatable bonds is 8. The van der Waals surface area contributed by atoms with Crippen LogP contribution in [0.15, 0.2) is 48.5 Å². The molecule has 0 aliphatic heterocycles. The average molecular weight is 329 g/mol. The van der Waals surface area contributed by atoms with Crippen LogP contribution in [0.2, 0.25) is 0 Å². The topological polar surface area (TPSA) is 38.3 Å². The van der Waals surface area contributed by atoms with E-state index < -0.39 is 6.10 Å². The van der Waals surface area contributed by atoms with E-state index >= 15 is 0 Å². The highest BCUT2D eigenvalue weighted by Crippen LogP contribution is 2.14. The van der Waals surface area contributed by atoms with Crippen molar-refractivity contribution in [3.63, 3.8) is 0 Å². The summed E-state index contributed by atoms with van der Waals surface area (Å²) in [6.07, 6.45) is 1.80. The van der Waals surface area contributed by atoms with Gasteiger partial charge in [0.05, 0.1) is 0 Å². The molecule has 2 aromatic rings. The average Bonchev–Trinajstić information content (AvgIpc) is 2.58. The predicted octanol–water partition coefficient (Wildman–Crippen LogP) is 4.04. The maximum absolute atomic E-state index is 12.9. The van der Waals surface area contributed by atoms with Gasteiger partial charge < -0.3 is 10.1 Å². The fourth-order valence-corrected chi connectivity index (χ4v) is 2.49. The Balaban J connectivity index is 1.76. The molecule has 1 N–H and O–H groups in total. The second kappa shape index (κ2) is 9.06. The minimum Gasteiger partial charge on any atom is -0.481 e. The van der Waals surface area contributed by atoms with E-state index in [1.807, 2.05) is 13.0 Å². The van der Waals surface area contributed by atoms with Crippen molar-refractivity contribution >= 4 is 5.91 Å². The van der Waals surface area contributed by atoms with Gasteiger partial charge in [-0.3, -0.25) is 4.79 Å². The highest BCUT2D eigenvalue weighted by Gasteiger charge is 2.17. The summed E-state index contributed by atoms with van der Waals surface area (Å²) < 4.78 is 18.5. The van der Waals surface area contributed by atoms with Gasteiger partial charge in [0.15, 0.2) is 6.10 Å². The molecule has 0 aliphatic rings. The van der Waals surface area contributed by atoms with Crippen molar-refractivity contribution in [3.05, 3.63) is 65.5 Å². The van der Waals surface area contributed by atoms with E-state index in [0.29, 0.717) is 18.7 Å². The first kappa shape index (κ1) is 18.0. The lowest BCUT2D eigenvalue weighted by Crippen LogP contribution is -2.38. The van der Waals surface area contributed by atoms with Crippen LogP contribution < -0.4 is 10.1 Å². The van der Waals surface area contributed by atoms with E-state index in [0.717, 1.165) is 12.8 Å². The van der Waals surface area contributed by atoms with Crippen molar-refractivity contribution in [3.8, 4) is 5.75 Å². The normalized spacial score (nSPS) is 11.8. The molecule has 0 saturated heterocycles. The van der Waals surface area contributed by atoms with Crippen LogP contribution in [-0.4, -0.2) is 18.6 Å². The lowest BCUT2D eigenvalue weighted by atomic mass is 10.1. The summed E-state index contributed by atoms with van der Waals surface area (Å²) in [5.41, 5.74) is 2.52. The maximum atomic E-state index is 12.9. The first-order valence-electron chi connectivity index (χ1n) is 8.34. The Kier molecular flexibility index (Phi) is 6.79. The van der Waals surface area contributed by atoms with Crippen molar-refractivity contribution < 1.29 is 13.9 Å². The molecule has 4 heteroatoms. The molecule has 0 spiro atoms. The fourth-order valence-electron chi connectivity index (χ4n) is 2.49. The zero-order valence-electron chi connectivity index (χ0n) is 14.2. The smallest absolute Gasteiger partial charge is 0.261 e. The molecular weight excluding hydrogens is 305 g/mol. The summed E-state index contributed by atoms with van der Waals surface area (Å²) >= 11 is 0. The largest absolute Gasteiger partial charge is 0.481 e. The quantitative estimate of drug-likeness (QED) is 0.742. The van der Waals surface area contributed by atoms with Gasteiger partial charge in [-0.05, 0) is 56.0 Å². The molecule has 128 valence electrons.